The molecule has 0 saturated carbocycles. The molecule has 0 aromatic heterocycles. The Morgan fingerprint density at radius 2 is 2.14 bits per heavy atom. The molecular formula is C10H17NO3. The number of hydrogen-bond acceptors (Lipinski definition) is 3. The van der Waals surface area contributed by atoms with Crippen molar-refractivity contribution in [1.82, 2.24) is 4.90 Å². The molecule has 0 aliphatic carbocycles. The lowest BCUT2D eigenvalue weighted by Gasteiger charge is -2.13. The van der Waals surface area contributed by atoms with E-state index in [1.807, 2.05) is 13.8 Å². The second-order valence-electron chi connectivity index (χ2n) is 3.26. The smallest absolute Gasteiger partial charge is 0.332 e. The van der Waals surface area contributed by atoms with Crippen molar-refractivity contribution in [3.05, 3.63) is 12.3 Å². The lowest BCUT2D eigenvalue weighted by atomic mass is 10.2. The van der Waals surface area contributed by atoms with Crippen LogP contribution in [-0.2, 0) is 14.3 Å². The molecule has 0 saturated heterocycles. The highest BCUT2D eigenvalue weighted by Crippen LogP contribution is 1.96. The Labute approximate surface area is 84.5 Å². The van der Waals surface area contributed by atoms with E-state index in [4.69, 9.17) is 0 Å². The zero-order valence-corrected chi connectivity index (χ0v) is 8.90. The molecule has 0 N–H and O–H groups in total. The fourth-order valence-corrected chi connectivity index (χ4v) is 0.908. The molecule has 14 heavy (non-hydrogen) atoms. The summed E-state index contributed by atoms with van der Waals surface area (Å²) in [5, 5.41) is 0. The Balaban J connectivity index is 4.03. The summed E-state index contributed by atoms with van der Waals surface area (Å²) < 4.78 is 4.67. The first-order valence-electron chi connectivity index (χ1n) is 4.66. The number of rotatable bonds is 6. The van der Waals surface area contributed by atoms with E-state index < -0.39 is 5.97 Å². The number of carbonyl (C=O) groups excluding carboxylic acids is 2. The van der Waals surface area contributed by atoms with Gasteiger partial charge in [0.15, 0.2) is 0 Å². The lowest BCUT2D eigenvalue weighted by molar-refractivity contribution is -0.137. The quantitative estimate of drug-likeness (QED) is 0.366. The highest BCUT2D eigenvalue weighted by molar-refractivity contribution is 5.82. The largest absolute Gasteiger partial charge is 0.463 e. The normalized spacial score (nSPS) is 10.6. The van der Waals surface area contributed by atoms with Crippen molar-refractivity contribution in [2.45, 2.75) is 20.8 Å². The number of amides is 1. The third-order valence-corrected chi connectivity index (χ3v) is 1.40. The molecule has 0 atom stereocenters. The van der Waals surface area contributed by atoms with Crippen molar-refractivity contribution < 1.29 is 14.3 Å². The summed E-state index contributed by atoms with van der Waals surface area (Å²) in [6, 6.07) is 0. The first-order valence-corrected chi connectivity index (χ1v) is 4.66. The summed E-state index contributed by atoms with van der Waals surface area (Å²) in [6.45, 7) is 6.66. The Morgan fingerprint density at radius 3 is 2.57 bits per heavy atom. The van der Waals surface area contributed by atoms with Crippen molar-refractivity contribution in [2.75, 3.05) is 13.2 Å². The summed E-state index contributed by atoms with van der Waals surface area (Å²) in [5.41, 5.74) is 0. The summed E-state index contributed by atoms with van der Waals surface area (Å²) >= 11 is 0. The fraction of sp³-hybridized carbons (Fsp3) is 0.600. The Hall–Kier alpha value is -1.32. The summed E-state index contributed by atoms with van der Waals surface area (Å²) in [4.78, 5) is 22.8. The van der Waals surface area contributed by atoms with Gasteiger partial charge in [0.05, 0.1) is 6.61 Å². The van der Waals surface area contributed by atoms with E-state index in [-0.39, 0.29) is 0 Å². The van der Waals surface area contributed by atoms with E-state index in [0.29, 0.717) is 25.5 Å². The highest BCUT2D eigenvalue weighted by Gasteiger charge is 2.01. The lowest BCUT2D eigenvalue weighted by Crippen LogP contribution is -2.20. The van der Waals surface area contributed by atoms with Crippen LogP contribution >= 0.6 is 0 Å². The van der Waals surface area contributed by atoms with E-state index in [1.54, 1.807) is 6.92 Å². The van der Waals surface area contributed by atoms with Crippen LogP contribution in [0, 0.1) is 5.92 Å². The second-order valence-corrected chi connectivity index (χ2v) is 3.26. The van der Waals surface area contributed by atoms with E-state index in [9.17, 15) is 9.59 Å². The van der Waals surface area contributed by atoms with Crippen LogP contribution in [0.15, 0.2) is 12.3 Å². The monoisotopic (exact) mass is 199 g/mol. The van der Waals surface area contributed by atoms with E-state index in [1.165, 1.54) is 17.2 Å². The van der Waals surface area contributed by atoms with Crippen LogP contribution < -0.4 is 0 Å². The van der Waals surface area contributed by atoms with Crippen LogP contribution in [0.25, 0.3) is 0 Å². The van der Waals surface area contributed by atoms with Crippen LogP contribution in [0.5, 0.6) is 0 Å². The molecule has 4 heteroatoms. The first-order chi connectivity index (χ1) is 6.60. The molecule has 0 aromatic rings. The third-order valence-electron chi connectivity index (χ3n) is 1.40. The van der Waals surface area contributed by atoms with Crippen LogP contribution in [-0.4, -0.2) is 30.4 Å². The van der Waals surface area contributed by atoms with Crippen molar-refractivity contribution in [3.8, 4) is 0 Å². The number of ether oxygens (including phenoxy) is 1. The molecule has 0 fully saturated rings. The predicted octanol–water partition coefficient (Wildman–Crippen LogP) is 1.18. The molecule has 0 aromatic carbocycles. The van der Waals surface area contributed by atoms with Gasteiger partial charge in [-0.3, -0.25) is 4.79 Å². The van der Waals surface area contributed by atoms with Gasteiger partial charge in [0, 0.05) is 18.8 Å². The number of carbonyl (C=O) groups is 2. The molecule has 4 nitrogen and oxygen atoms in total. The van der Waals surface area contributed by atoms with Crippen molar-refractivity contribution in [1.29, 1.82) is 0 Å². The molecule has 0 unspecified atom stereocenters. The summed E-state index contributed by atoms with van der Waals surface area (Å²) in [5.74, 6) is -0.0600. The molecule has 0 aliphatic rings. The Morgan fingerprint density at radius 1 is 1.50 bits per heavy atom. The summed E-state index contributed by atoms with van der Waals surface area (Å²) in [7, 11) is 0. The molecular weight excluding hydrogens is 182 g/mol. The van der Waals surface area contributed by atoms with Crippen LogP contribution in [0.1, 0.15) is 20.8 Å². The number of nitrogens with zero attached hydrogens (tertiary/aromatic N) is 1. The highest BCUT2D eigenvalue weighted by atomic mass is 16.5. The zero-order chi connectivity index (χ0) is 11.0. The fourth-order valence-electron chi connectivity index (χ4n) is 0.908. The van der Waals surface area contributed by atoms with Crippen LogP contribution in [0.4, 0.5) is 0 Å². The van der Waals surface area contributed by atoms with Gasteiger partial charge in [0.1, 0.15) is 0 Å². The molecule has 1 amide bonds. The van der Waals surface area contributed by atoms with Crippen molar-refractivity contribution >= 4 is 12.4 Å². The van der Waals surface area contributed by atoms with E-state index >= 15 is 0 Å². The minimum Gasteiger partial charge on any atom is -0.463 e. The molecule has 0 radical (unpaired) electrons. The van der Waals surface area contributed by atoms with Gasteiger partial charge in [-0.15, -0.1) is 0 Å². The SMILES string of the molecule is CCOC(=O)/C=C/N(C=O)CC(C)C. The number of esters is 1. The van der Waals surface area contributed by atoms with E-state index in [0.717, 1.165) is 0 Å². The minimum atomic E-state index is -0.428. The van der Waals surface area contributed by atoms with E-state index in [2.05, 4.69) is 4.74 Å². The predicted molar refractivity (Wildman–Crippen MR) is 53.4 cm³/mol. The van der Waals surface area contributed by atoms with Gasteiger partial charge >= 0.3 is 5.97 Å². The van der Waals surface area contributed by atoms with Crippen LogP contribution in [0.2, 0.25) is 0 Å². The minimum absolute atomic E-state index is 0.342. The average Bonchev–Trinajstić information content (AvgIpc) is 2.12. The summed E-state index contributed by atoms with van der Waals surface area (Å²) in [6.07, 6.45) is 3.38. The molecule has 0 spiro atoms. The maximum Gasteiger partial charge on any atom is 0.332 e. The maximum absolute atomic E-state index is 10.9. The van der Waals surface area contributed by atoms with Crippen molar-refractivity contribution in [2.24, 2.45) is 5.92 Å². The third kappa shape index (κ3) is 6.22. The topological polar surface area (TPSA) is 46.6 Å². The van der Waals surface area contributed by atoms with Gasteiger partial charge in [-0.05, 0) is 12.8 Å². The van der Waals surface area contributed by atoms with Gasteiger partial charge in [-0.25, -0.2) is 4.79 Å². The van der Waals surface area contributed by atoms with Crippen LogP contribution in [0.3, 0.4) is 0 Å². The van der Waals surface area contributed by atoms with Gasteiger partial charge in [-0.1, -0.05) is 13.8 Å². The molecule has 0 rings (SSSR count). The zero-order valence-electron chi connectivity index (χ0n) is 8.90. The van der Waals surface area contributed by atoms with Gasteiger partial charge in [0.25, 0.3) is 0 Å². The molecule has 80 valence electrons. The number of hydrogen-bond donors (Lipinski definition) is 0. The standard InChI is InChI=1S/C10H17NO3/c1-4-14-10(13)5-6-11(8-12)7-9(2)3/h5-6,8-9H,4,7H2,1-3H3/b6-5+. The van der Waals surface area contributed by atoms with Gasteiger partial charge in [-0.2, -0.15) is 0 Å². The Bertz CT molecular complexity index is 211. The molecule has 0 heterocycles. The molecule has 0 aliphatic heterocycles. The Kier molecular flexibility index (Phi) is 6.45. The maximum atomic E-state index is 10.9. The first kappa shape index (κ1) is 12.7. The van der Waals surface area contributed by atoms with Gasteiger partial charge < -0.3 is 9.64 Å². The second kappa shape index (κ2) is 7.12. The molecule has 0 bridgehead atoms. The van der Waals surface area contributed by atoms with Crippen molar-refractivity contribution in [3.63, 3.8) is 0 Å². The van der Waals surface area contributed by atoms with Gasteiger partial charge in [0.2, 0.25) is 6.41 Å². The average molecular weight is 199 g/mol.